The SMILES string of the molecule is CNc1c(OC)cc(C)c2[nH]c(=O)c3sccc3c12. The monoisotopic (exact) mass is 274 g/mol. The van der Waals surface area contributed by atoms with Gasteiger partial charge in [0.1, 0.15) is 10.4 Å². The molecule has 1 aromatic carbocycles. The Kier molecular flexibility index (Phi) is 2.71. The van der Waals surface area contributed by atoms with Crippen molar-refractivity contribution < 1.29 is 4.74 Å². The molecule has 0 fully saturated rings. The molecule has 0 spiro atoms. The average Bonchev–Trinajstić information content (AvgIpc) is 2.89. The predicted octanol–water partition coefficient (Wildman–Crippen LogP) is 3.10. The quantitative estimate of drug-likeness (QED) is 0.755. The number of aryl methyl sites for hydroxylation is 1. The number of methoxy groups -OCH3 is 1. The summed E-state index contributed by atoms with van der Waals surface area (Å²) in [5.74, 6) is 0.784. The average molecular weight is 274 g/mol. The fourth-order valence-corrected chi connectivity index (χ4v) is 3.27. The minimum Gasteiger partial charge on any atom is -0.495 e. The van der Waals surface area contributed by atoms with E-state index in [0.29, 0.717) is 0 Å². The van der Waals surface area contributed by atoms with Crippen LogP contribution < -0.4 is 15.6 Å². The molecule has 2 heterocycles. The number of pyridine rings is 1. The van der Waals surface area contributed by atoms with Crippen LogP contribution in [0.3, 0.4) is 0 Å². The van der Waals surface area contributed by atoms with E-state index in [-0.39, 0.29) is 5.56 Å². The van der Waals surface area contributed by atoms with Crippen molar-refractivity contribution >= 4 is 38.0 Å². The van der Waals surface area contributed by atoms with Gasteiger partial charge in [0.15, 0.2) is 0 Å². The van der Waals surface area contributed by atoms with Gasteiger partial charge in [-0.25, -0.2) is 0 Å². The van der Waals surface area contributed by atoms with E-state index in [1.54, 1.807) is 7.11 Å². The smallest absolute Gasteiger partial charge is 0.266 e. The van der Waals surface area contributed by atoms with Crippen molar-refractivity contribution in [2.75, 3.05) is 19.5 Å². The lowest BCUT2D eigenvalue weighted by atomic mass is 10.0. The number of aromatic nitrogens is 1. The molecule has 0 radical (unpaired) electrons. The number of fused-ring (bicyclic) bond motifs is 3. The van der Waals surface area contributed by atoms with E-state index < -0.39 is 0 Å². The number of benzene rings is 1. The molecule has 3 aromatic rings. The number of hydrogen-bond donors (Lipinski definition) is 2. The van der Waals surface area contributed by atoms with E-state index in [1.807, 2.05) is 31.5 Å². The lowest BCUT2D eigenvalue weighted by Crippen LogP contribution is -2.07. The molecule has 2 aromatic heterocycles. The van der Waals surface area contributed by atoms with Gasteiger partial charge in [-0.15, -0.1) is 11.3 Å². The Hall–Kier alpha value is -2.01. The number of anilines is 1. The van der Waals surface area contributed by atoms with Crippen LogP contribution in [0.25, 0.3) is 21.0 Å². The first kappa shape index (κ1) is 12.0. The second-order valence-corrected chi connectivity index (χ2v) is 5.30. The van der Waals surface area contributed by atoms with Crippen LogP contribution in [0.4, 0.5) is 5.69 Å². The number of hydrogen-bond acceptors (Lipinski definition) is 4. The van der Waals surface area contributed by atoms with Gasteiger partial charge in [0, 0.05) is 17.8 Å². The number of thiophene rings is 1. The van der Waals surface area contributed by atoms with Crippen LogP contribution in [0.1, 0.15) is 5.56 Å². The molecule has 0 unspecified atom stereocenters. The van der Waals surface area contributed by atoms with Crippen molar-refractivity contribution in [3.63, 3.8) is 0 Å². The van der Waals surface area contributed by atoms with Crippen LogP contribution in [-0.4, -0.2) is 19.1 Å². The van der Waals surface area contributed by atoms with E-state index in [1.165, 1.54) is 11.3 Å². The number of rotatable bonds is 2. The maximum Gasteiger partial charge on any atom is 0.266 e. The maximum absolute atomic E-state index is 12.1. The highest BCUT2D eigenvalue weighted by atomic mass is 32.1. The highest BCUT2D eigenvalue weighted by molar-refractivity contribution is 7.17. The van der Waals surface area contributed by atoms with Crippen LogP contribution in [0.5, 0.6) is 5.75 Å². The normalized spacial score (nSPS) is 11.1. The van der Waals surface area contributed by atoms with Gasteiger partial charge < -0.3 is 15.0 Å². The summed E-state index contributed by atoms with van der Waals surface area (Å²) < 4.78 is 6.18. The van der Waals surface area contributed by atoms with Crippen LogP contribution in [0.15, 0.2) is 22.3 Å². The van der Waals surface area contributed by atoms with E-state index in [0.717, 1.165) is 38.0 Å². The van der Waals surface area contributed by atoms with Crippen molar-refractivity contribution in [2.24, 2.45) is 0 Å². The fraction of sp³-hybridized carbons (Fsp3) is 0.214. The Morgan fingerprint density at radius 2 is 2.21 bits per heavy atom. The zero-order valence-corrected chi connectivity index (χ0v) is 11.8. The van der Waals surface area contributed by atoms with Gasteiger partial charge in [0.2, 0.25) is 0 Å². The van der Waals surface area contributed by atoms with Crippen molar-refractivity contribution in [3.05, 3.63) is 33.4 Å². The number of ether oxygens (including phenoxy) is 1. The summed E-state index contributed by atoms with van der Waals surface area (Å²) in [6.45, 7) is 1.97. The van der Waals surface area contributed by atoms with E-state index >= 15 is 0 Å². The molecule has 0 amide bonds. The Labute approximate surface area is 114 Å². The zero-order chi connectivity index (χ0) is 13.6. The molecular formula is C14H14N2O2S. The summed E-state index contributed by atoms with van der Waals surface area (Å²) >= 11 is 1.45. The zero-order valence-electron chi connectivity index (χ0n) is 11.0. The van der Waals surface area contributed by atoms with Gasteiger partial charge in [0.05, 0.1) is 18.3 Å². The molecule has 0 bridgehead atoms. The minimum absolute atomic E-state index is 0.0344. The third kappa shape index (κ3) is 1.62. The van der Waals surface area contributed by atoms with Gasteiger partial charge in [-0.1, -0.05) is 0 Å². The molecule has 4 nitrogen and oxygen atoms in total. The first-order chi connectivity index (χ1) is 9.17. The van der Waals surface area contributed by atoms with Crippen LogP contribution in [0, 0.1) is 6.92 Å². The Balaban J connectivity index is 2.65. The highest BCUT2D eigenvalue weighted by Gasteiger charge is 2.15. The number of H-pyrrole nitrogens is 1. The molecule has 0 aliphatic carbocycles. The number of aromatic amines is 1. The van der Waals surface area contributed by atoms with Crippen LogP contribution in [-0.2, 0) is 0 Å². The first-order valence-electron chi connectivity index (χ1n) is 5.96. The molecule has 2 N–H and O–H groups in total. The molecule has 0 aliphatic heterocycles. The molecular weight excluding hydrogens is 260 g/mol. The van der Waals surface area contributed by atoms with E-state index in [4.69, 9.17) is 4.74 Å². The molecule has 98 valence electrons. The highest BCUT2D eigenvalue weighted by Crippen LogP contribution is 2.38. The van der Waals surface area contributed by atoms with Crippen molar-refractivity contribution in [1.29, 1.82) is 0 Å². The maximum atomic E-state index is 12.1. The molecule has 5 heteroatoms. The van der Waals surface area contributed by atoms with Crippen molar-refractivity contribution in [1.82, 2.24) is 4.98 Å². The summed E-state index contributed by atoms with van der Waals surface area (Å²) in [5, 5.41) is 7.09. The third-order valence-corrected chi connectivity index (χ3v) is 4.25. The molecule has 0 saturated carbocycles. The second-order valence-electron chi connectivity index (χ2n) is 4.39. The summed E-state index contributed by atoms with van der Waals surface area (Å²) in [7, 11) is 3.51. The Bertz CT molecular complexity index is 833. The molecule has 0 atom stereocenters. The van der Waals surface area contributed by atoms with E-state index in [2.05, 4.69) is 10.3 Å². The van der Waals surface area contributed by atoms with Gasteiger partial charge >= 0.3 is 0 Å². The summed E-state index contributed by atoms with van der Waals surface area (Å²) in [5.41, 5.74) is 2.73. The van der Waals surface area contributed by atoms with Crippen LogP contribution >= 0.6 is 11.3 Å². The standard InChI is InChI=1S/C14H14N2O2S/c1-7-6-9(18-3)12(15-2)10-8-4-5-19-13(8)14(17)16-11(7)10/h4-6,15H,1-3H3,(H,16,17). The van der Waals surface area contributed by atoms with E-state index in [9.17, 15) is 4.79 Å². The predicted molar refractivity (Wildman–Crippen MR) is 80.8 cm³/mol. The number of nitrogens with one attached hydrogen (secondary N) is 2. The Morgan fingerprint density at radius 1 is 1.42 bits per heavy atom. The van der Waals surface area contributed by atoms with Gasteiger partial charge in [-0.3, -0.25) is 4.79 Å². The minimum atomic E-state index is -0.0344. The molecule has 3 rings (SSSR count). The van der Waals surface area contributed by atoms with Crippen LogP contribution in [0.2, 0.25) is 0 Å². The van der Waals surface area contributed by atoms with Gasteiger partial charge in [-0.05, 0) is 30.0 Å². The lowest BCUT2D eigenvalue weighted by molar-refractivity contribution is 0.417. The molecule has 0 aliphatic rings. The van der Waals surface area contributed by atoms with Crippen molar-refractivity contribution in [2.45, 2.75) is 6.92 Å². The summed E-state index contributed by atoms with van der Waals surface area (Å²) in [6, 6.07) is 3.92. The second kappa shape index (κ2) is 4.28. The topological polar surface area (TPSA) is 54.1 Å². The van der Waals surface area contributed by atoms with Gasteiger partial charge in [0.25, 0.3) is 5.56 Å². The van der Waals surface area contributed by atoms with Gasteiger partial charge in [-0.2, -0.15) is 0 Å². The summed E-state index contributed by atoms with van der Waals surface area (Å²) in [6.07, 6.45) is 0. The lowest BCUT2D eigenvalue weighted by Gasteiger charge is -2.14. The molecule has 0 saturated heterocycles. The molecule has 19 heavy (non-hydrogen) atoms. The first-order valence-corrected chi connectivity index (χ1v) is 6.84. The van der Waals surface area contributed by atoms with Crippen molar-refractivity contribution in [3.8, 4) is 5.75 Å². The largest absolute Gasteiger partial charge is 0.495 e. The third-order valence-electron chi connectivity index (χ3n) is 3.34. The Morgan fingerprint density at radius 3 is 2.89 bits per heavy atom. The summed E-state index contributed by atoms with van der Waals surface area (Å²) in [4.78, 5) is 15.0. The fourth-order valence-electron chi connectivity index (χ4n) is 2.48.